The molecule has 0 aromatic rings. The van der Waals surface area contributed by atoms with E-state index in [9.17, 15) is 9.59 Å². The second-order valence-corrected chi connectivity index (χ2v) is 4.70. The van der Waals surface area contributed by atoms with Crippen LogP contribution in [-0.2, 0) is 14.3 Å². The van der Waals surface area contributed by atoms with Crippen LogP contribution in [0.3, 0.4) is 0 Å². The molecular weight excluding hydrogens is 230 g/mol. The Morgan fingerprint density at radius 3 is 2.50 bits per heavy atom. The summed E-state index contributed by atoms with van der Waals surface area (Å²) < 4.78 is 5.66. The molecule has 0 aliphatic heterocycles. The highest BCUT2D eigenvalue weighted by molar-refractivity contribution is 5.81. The molecule has 1 fully saturated rings. The molecule has 0 bridgehead atoms. The first kappa shape index (κ1) is 14.5. The summed E-state index contributed by atoms with van der Waals surface area (Å²) in [7, 11) is 0. The van der Waals surface area contributed by atoms with Gasteiger partial charge in [-0.2, -0.15) is 0 Å². The van der Waals surface area contributed by atoms with Gasteiger partial charge in [-0.05, 0) is 26.3 Å². The van der Waals surface area contributed by atoms with Crippen molar-refractivity contribution in [3.05, 3.63) is 24.5 Å². The highest BCUT2D eigenvalue weighted by Gasteiger charge is 2.38. The van der Waals surface area contributed by atoms with Crippen LogP contribution in [0.1, 0.15) is 33.6 Å². The van der Waals surface area contributed by atoms with Gasteiger partial charge in [-0.15, -0.1) is 0 Å². The van der Waals surface area contributed by atoms with E-state index in [4.69, 9.17) is 4.74 Å². The lowest BCUT2D eigenvalue weighted by Gasteiger charge is -2.16. The smallest absolute Gasteiger partial charge is 0.217 e. The fourth-order valence-corrected chi connectivity index (χ4v) is 2.40. The van der Waals surface area contributed by atoms with Gasteiger partial charge in [-0.1, -0.05) is 12.7 Å². The minimum absolute atomic E-state index is 0.0561. The highest BCUT2D eigenvalue weighted by atomic mass is 16.5. The minimum atomic E-state index is -0.155. The molecule has 0 spiro atoms. The van der Waals surface area contributed by atoms with Crippen molar-refractivity contribution in [1.82, 2.24) is 5.32 Å². The number of ether oxygens (including phenoxy) is 1. The zero-order valence-electron chi connectivity index (χ0n) is 11.2. The number of carbonyl (C=O) groups is 2. The molecule has 1 saturated carbocycles. The van der Waals surface area contributed by atoms with Crippen LogP contribution in [0.2, 0.25) is 0 Å². The molecule has 1 amide bonds. The maximum Gasteiger partial charge on any atom is 0.217 e. The Balaban J connectivity index is 2.63. The number of carbonyl (C=O) groups excluding carboxylic acids is 2. The van der Waals surface area contributed by atoms with E-state index < -0.39 is 0 Å². The predicted molar refractivity (Wildman–Crippen MR) is 69.8 cm³/mol. The van der Waals surface area contributed by atoms with Gasteiger partial charge in [0.2, 0.25) is 5.91 Å². The summed E-state index contributed by atoms with van der Waals surface area (Å²) in [5.74, 6) is 0.418. The van der Waals surface area contributed by atoms with Crippen LogP contribution in [0.15, 0.2) is 24.5 Å². The Bertz CT molecular complexity index is 373. The fourth-order valence-electron chi connectivity index (χ4n) is 2.40. The monoisotopic (exact) mass is 251 g/mol. The molecule has 100 valence electrons. The second kappa shape index (κ2) is 6.38. The van der Waals surface area contributed by atoms with Crippen LogP contribution in [-0.4, -0.2) is 23.8 Å². The summed E-state index contributed by atoms with van der Waals surface area (Å²) in [5, 5.41) is 2.82. The maximum absolute atomic E-state index is 11.6. The second-order valence-electron chi connectivity index (χ2n) is 4.70. The van der Waals surface area contributed by atoms with Crippen molar-refractivity contribution in [1.29, 1.82) is 0 Å². The summed E-state index contributed by atoms with van der Waals surface area (Å²) in [6.45, 7) is 8.69. The molecule has 0 saturated heterocycles. The predicted octanol–water partition coefficient (Wildman–Crippen LogP) is 1.97. The summed E-state index contributed by atoms with van der Waals surface area (Å²) in [6.07, 6.45) is 4.87. The molecule has 4 nitrogen and oxygen atoms in total. The first-order valence-corrected chi connectivity index (χ1v) is 6.19. The molecule has 1 aliphatic rings. The van der Waals surface area contributed by atoms with Crippen LogP contribution >= 0.6 is 0 Å². The quantitative estimate of drug-likeness (QED) is 0.600. The Kier molecular flexibility index (Phi) is 5.13. The van der Waals surface area contributed by atoms with E-state index in [2.05, 4.69) is 11.9 Å². The van der Waals surface area contributed by atoms with E-state index in [1.807, 2.05) is 13.0 Å². The van der Waals surface area contributed by atoms with E-state index in [0.717, 1.165) is 0 Å². The normalized spacial score (nSPS) is 27.2. The average molecular weight is 251 g/mol. The van der Waals surface area contributed by atoms with E-state index in [0.29, 0.717) is 18.6 Å². The van der Waals surface area contributed by atoms with Crippen LogP contribution in [0.4, 0.5) is 0 Å². The van der Waals surface area contributed by atoms with Crippen LogP contribution < -0.4 is 5.32 Å². The summed E-state index contributed by atoms with van der Waals surface area (Å²) in [4.78, 5) is 22.7. The van der Waals surface area contributed by atoms with Crippen molar-refractivity contribution in [2.24, 2.45) is 5.92 Å². The molecule has 3 unspecified atom stereocenters. The standard InChI is InChI=1S/C14H21NO3/c1-5-6-9(2)18-12-7-13(10(3)16)14(8-12)15-11(4)17/h5-6,12-14H,2,7-8H2,1,3-4H3,(H,15,17)/b6-5+. The van der Waals surface area contributed by atoms with Crippen molar-refractivity contribution < 1.29 is 14.3 Å². The number of hydrogen-bond donors (Lipinski definition) is 1. The topological polar surface area (TPSA) is 55.4 Å². The van der Waals surface area contributed by atoms with E-state index in [1.54, 1.807) is 13.0 Å². The Labute approximate surface area is 108 Å². The van der Waals surface area contributed by atoms with Crippen LogP contribution in [0.5, 0.6) is 0 Å². The molecule has 4 heteroatoms. The van der Waals surface area contributed by atoms with Crippen molar-refractivity contribution in [2.45, 2.75) is 45.8 Å². The Morgan fingerprint density at radius 1 is 1.33 bits per heavy atom. The first-order valence-electron chi connectivity index (χ1n) is 6.19. The zero-order valence-corrected chi connectivity index (χ0v) is 11.2. The third-order valence-electron chi connectivity index (χ3n) is 3.10. The Hall–Kier alpha value is -1.58. The number of rotatable bonds is 5. The van der Waals surface area contributed by atoms with Gasteiger partial charge < -0.3 is 10.1 Å². The maximum atomic E-state index is 11.6. The first-order chi connectivity index (χ1) is 8.43. The number of nitrogens with one attached hydrogen (secondary N) is 1. The molecule has 18 heavy (non-hydrogen) atoms. The van der Waals surface area contributed by atoms with Gasteiger partial charge in [-0.25, -0.2) is 0 Å². The van der Waals surface area contributed by atoms with Crippen molar-refractivity contribution in [3.8, 4) is 0 Å². The Morgan fingerprint density at radius 2 is 2.00 bits per heavy atom. The third-order valence-corrected chi connectivity index (χ3v) is 3.10. The van der Waals surface area contributed by atoms with Gasteiger partial charge in [0.25, 0.3) is 0 Å². The largest absolute Gasteiger partial charge is 0.491 e. The SMILES string of the molecule is C=C(/C=C/C)OC1CC(NC(C)=O)C(C(C)=O)C1. The van der Waals surface area contributed by atoms with Gasteiger partial charge in [0.1, 0.15) is 17.6 Å². The van der Waals surface area contributed by atoms with E-state index in [1.165, 1.54) is 6.92 Å². The molecule has 1 rings (SSSR count). The number of amides is 1. The third kappa shape index (κ3) is 4.02. The summed E-state index contributed by atoms with van der Waals surface area (Å²) in [6, 6.07) is -0.122. The number of ketones is 1. The van der Waals surface area contributed by atoms with Crippen molar-refractivity contribution in [2.75, 3.05) is 0 Å². The van der Waals surface area contributed by atoms with Gasteiger partial charge >= 0.3 is 0 Å². The molecule has 1 aliphatic carbocycles. The lowest BCUT2D eigenvalue weighted by Crippen LogP contribution is -2.38. The molecule has 0 aromatic carbocycles. The molecular formula is C14H21NO3. The highest BCUT2D eigenvalue weighted by Crippen LogP contribution is 2.30. The van der Waals surface area contributed by atoms with E-state index in [-0.39, 0.29) is 29.8 Å². The zero-order chi connectivity index (χ0) is 13.7. The molecule has 0 radical (unpaired) electrons. The number of hydrogen-bond acceptors (Lipinski definition) is 3. The lowest BCUT2D eigenvalue weighted by molar-refractivity contribution is -0.123. The van der Waals surface area contributed by atoms with Gasteiger partial charge in [0.05, 0.1) is 0 Å². The molecule has 0 aromatic heterocycles. The van der Waals surface area contributed by atoms with Gasteiger partial charge in [0.15, 0.2) is 0 Å². The number of Topliss-reactive ketones (excluding diaryl/α,β-unsaturated/α-hetero) is 1. The van der Waals surface area contributed by atoms with Crippen molar-refractivity contribution >= 4 is 11.7 Å². The molecule has 0 heterocycles. The average Bonchev–Trinajstić information content (AvgIpc) is 2.60. The summed E-state index contributed by atoms with van der Waals surface area (Å²) in [5.41, 5.74) is 0. The van der Waals surface area contributed by atoms with Gasteiger partial charge in [0, 0.05) is 25.3 Å². The fraction of sp³-hybridized carbons (Fsp3) is 0.571. The van der Waals surface area contributed by atoms with Crippen LogP contribution in [0, 0.1) is 5.92 Å². The molecule has 3 atom stereocenters. The minimum Gasteiger partial charge on any atom is -0.491 e. The van der Waals surface area contributed by atoms with E-state index >= 15 is 0 Å². The van der Waals surface area contributed by atoms with Gasteiger partial charge in [-0.3, -0.25) is 9.59 Å². The van der Waals surface area contributed by atoms with Crippen LogP contribution in [0.25, 0.3) is 0 Å². The lowest BCUT2D eigenvalue weighted by atomic mass is 9.99. The summed E-state index contributed by atoms with van der Waals surface area (Å²) >= 11 is 0. The number of allylic oxidation sites excluding steroid dienone is 2. The molecule has 1 N–H and O–H groups in total. The van der Waals surface area contributed by atoms with Crippen molar-refractivity contribution in [3.63, 3.8) is 0 Å².